The topological polar surface area (TPSA) is 53.4 Å². The minimum atomic E-state index is -0.137. The number of aryl methyl sites for hydroxylation is 2. The molecule has 0 aliphatic carbocycles. The summed E-state index contributed by atoms with van der Waals surface area (Å²) in [6.07, 6.45) is 4.22. The number of rotatable bonds is 8. The molecule has 0 saturated heterocycles. The molecule has 6 heteroatoms. The lowest BCUT2D eigenvalue weighted by atomic mass is 9.99. The molecular weight excluding hydrogens is 408 g/mol. The van der Waals surface area contributed by atoms with E-state index in [1.54, 1.807) is 24.1 Å². The summed E-state index contributed by atoms with van der Waals surface area (Å²) < 4.78 is 13.0. The van der Waals surface area contributed by atoms with Crippen molar-refractivity contribution in [2.24, 2.45) is 5.41 Å². The first kappa shape index (κ1) is 22.9. The molecule has 3 rings (SSSR count). The summed E-state index contributed by atoms with van der Waals surface area (Å²) >= 11 is 1.48. The van der Waals surface area contributed by atoms with E-state index in [2.05, 4.69) is 56.9 Å². The number of hydrogen-bond donors (Lipinski definition) is 0. The summed E-state index contributed by atoms with van der Waals surface area (Å²) in [6, 6.07) is 14.0. The van der Waals surface area contributed by atoms with Crippen molar-refractivity contribution < 1.29 is 9.47 Å². The number of methoxy groups -OCH3 is 1. The zero-order valence-electron chi connectivity index (χ0n) is 18.8. The lowest BCUT2D eigenvalue weighted by Gasteiger charge is -2.20. The molecule has 0 atom stereocenters. The predicted molar refractivity (Wildman–Crippen MR) is 127 cm³/mol. The average Bonchev–Trinajstić information content (AvgIpc) is 2.73. The second kappa shape index (κ2) is 10.1. The van der Waals surface area contributed by atoms with Crippen molar-refractivity contribution in [3.05, 3.63) is 76.3 Å². The van der Waals surface area contributed by atoms with Crippen LogP contribution in [0.3, 0.4) is 0 Å². The summed E-state index contributed by atoms with van der Waals surface area (Å²) in [4.78, 5) is 17.3. The summed E-state index contributed by atoms with van der Waals surface area (Å²) in [5, 5.41) is 0.488. The van der Waals surface area contributed by atoms with Crippen molar-refractivity contribution in [3.63, 3.8) is 0 Å². The first-order valence-electron chi connectivity index (χ1n) is 10.3. The van der Waals surface area contributed by atoms with Crippen LogP contribution in [-0.4, -0.2) is 29.0 Å². The Hall–Kier alpha value is -2.73. The van der Waals surface area contributed by atoms with Crippen molar-refractivity contribution in [1.29, 1.82) is 0 Å². The molecular formula is C25H30N2O3S. The fourth-order valence-corrected chi connectivity index (χ4v) is 3.94. The molecule has 5 nitrogen and oxygen atoms in total. The average molecular weight is 439 g/mol. The van der Waals surface area contributed by atoms with Gasteiger partial charge in [0.05, 0.1) is 19.4 Å². The van der Waals surface area contributed by atoms with Gasteiger partial charge in [-0.1, -0.05) is 50.6 Å². The van der Waals surface area contributed by atoms with E-state index in [1.807, 2.05) is 18.2 Å². The highest BCUT2D eigenvalue weighted by Crippen LogP contribution is 2.30. The molecule has 0 spiro atoms. The lowest BCUT2D eigenvalue weighted by molar-refractivity contribution is 0.191. The van der Waals surface area contributed by atoms with Gasteiger partial charge in [-0.05, 0) is 36.5 Å². The van der Waals surface area contributed by atoms with Crippen LogP contribution in [0.15, 0.2) is 64.7 Å². The molecule has 0 radical (unpaired) electrons. The Bertz CT molecular complexity index is 1090. The Morgan fingerprint density at radius 2 is 1.90 bits per heavy atom. The highest BCUT2D eigenvalue weighted by atomic mass is 32.2. The van der Waals surface area contributed by atoms with Gasteiger partial charge < -0.3 is 9.47 Å². The molecule has 0 aliphatic heterocycles. The number of benzene rings is 2. The summed E-state index contributed by atoms with van der Waals surface area (Å²) in [5.74, 6) is 2.05. The third kappa shape index (κ3) is 6.37. The second-order valence-corrected chi connectivity index (χ2v) is 9.76. The van der Waals surface area contributed by atoms with Crippen molar-refractivity contribution in [2.45, 2.75) is 39.1 Å². The van der Waals surface area contributed by atoms with Crippen LogP contribution in [0.2, 0.25) is 0 Å². The molecule has 31 heavy (non-hydrogen) atoms. The Morgan fingerprint density at radius 3 is 2.61 bits per heavy atom. The predicted octanol–water partition coefficient (Wildman–Crippen LogP) is 5.31. The van der Waals surface area contributed by atoms with E-state index in [0.717, 1.165) is 12.2 Å². The number of ether oxygens (including phenoxy) is 2. The highest BCUT2D eigenvalue weighted by molar-refractivity contribution is 7.99. The minimum Gasteiger partial charge on any atom is -0.493 e. The molecule has 0 aliphatic rings. The van der Waals surface area contributed by atoms with Gasteiger partial charge in [-0.15, -0.1) is 11.8 Å². The Labute approximate surface area is 188 Å². The Balaban J connectivity index is 1.76. The molecule has 0 bridgehead atoms. The number of thioether (sulfide) groups is 1. The smallest absolute Gasteiger partial charge is 0.287 e. The summed E-state index contributed by atoms with van der Waals surface area (Å²) in [6.45, 7) is 9.00. The van der Waals surface area contributed by atoms with Gasteiger partial charge in [0.15, 0.2) is 16.5 Å². The van der Waals surface area contributed by atoms with Crippen molar-refractivity contribution >= 4 is 11.8 Å². The highest BCUT2D eigenvalue weighted by Gasteiger charge is 2.15. The van der Waals surface area contributed by atoms with Crippen LogP contribution in [0.25, 0.3) is 5.69 Å². The number of nitrogens with zero attached hydrogens (tertiary/aromatic N) is 2. The van der Waals surface area contributed by atoms with E-state index in [-0.39, 0.29) is 11.0 Å². The van der Waals surface area contributed by atoms with Crippen LogP contribution in [0.4, 0.5) is 0 Å². The third-order valence-electron chi connectivity index (χ3n) is 4.61. The van der Waals surface area contributed by atoms with Gasteiger partial charge in [-0.2, -0.15) is 0 Å². The zero-order valence-corrected chi connectivity index (χ0v) is 19.7. The fraction of sp³-hybridized carbons (Fsp3) is 0.360. The zero-order chi connectivity index (χ0) is 22.4. The van der Waals surface area contributed by atoms with Crippen LogP contribution >= 0.6 is 11.8 Å². The third-order valence-corrected chi connectivity index (χ3v) is 5.57. The van der Waals surface area contributed by atoms with E-state index >= 15 is 0 Å². The number of aromatic nitrogens is 2. The molecule has 0 saturated carbocycles. The van der Waals surface area contributed by atoms with Crippen LogP contribution < -0.4 is 15.0 Å². The van der Waals surface area contributed by atoms with Crippen LogP contribution in [-0.2, 0) is 6.42 Å². The van der Waals surface area contributed by atoms with Gasteiger partial charge in [0.25, 0.3) is 5.56 Å². The molecule has 0 unspecified atom stereocenters. The molecule has 164 valence electrons. The van der Waals surface area contributed by atoms with Gasteiger partial charge in [-0.3, -0.25) is 9.36 Å². The molecule has 0 amide bonds. The van der Waals surface area contributed by atoms with E-state index < -0.39 is 0 Å². The molecule has 2 aromatic carbocycles. The maximum absolute atomic E-state index is 13.0. The van der Waals surface area contributed by atoms with Crippen LogP contribution in [0.1, 0.15) is 31.9 Å². The van der Waals surface area contributed by atoms with Crippen LogP contribution in [0, 0.1) is 12.3 Å². The monoisotopic (exact) mass is 438 g/mol. The molecule has 1 aromatic heterocycles. The second-order valence-electron chi connectivity index (χ2n) is 8.68. The largest absolute Gasteiger partial charge is 0.493 e. The lowest BCUT2D eigenvalue weighted by Crippen LogP contribution is -2.21. The number of hydrogen-bond acceptors (Lipinski definition) is 5. The maximum atomic E-state index is 13.0. The van der Waals surface area contributed by atoms with E-state index in [4.69, 9.17) is 9.47 Å². The molecule has 0 fully saturated rings. The van der Waals surface area contributed by atoms with Crippen molar-refractivity contribution in [2.75, 3.05) is 19.5 Å². The Morgan fingerprint density at radius 1 is 1.10 bits per heavy atom. The summed E-state index contributed by atoms with van der Waals surface area (Å²) in [7, 11) is 1.60. The fourth-order valence-electron chi connectivity index (χ4n) is 3.05. The molecule has 3 aromatic rings. The van der Waals surface area contributed by atoms with Gasteiger partial charge in [0.2, 0.25) is 0 Å². The maximum Gasteiger partial charge on any atom is 0.287 e. The molecule has 0 N–H and O–H groups in total. The normalized spacial score (nSPS) is 11.4. The first-order valence-corrected chi connectivity index (χ1v) is 11.3. The molecule has 1 heterocycles. The van der Waals surface area contributed by atoms with Gasteiger partial charge >= 0.3 is 0 Å². The van der Waals surface area contributed by atoms with Gasteiger partial charge in [-0.25, -0.2) is 4.98 Å². The van der Waals surface area contributed by atoms with E-state index in [0.29, 0.717) is 28.8 Å². The van der Waals surface area contributed by atoms with Crippen LogP contribution in [0.5, 0.6) is 11.5 Å². The summed E-state index contributed by atoms with van der Waals surface area (Å²) in [5.41, 5.74) is 3.12. The quantitative estimate of drug-likeness (QED) is 0.446. The Kier molecular flexibility index (Phi) is 7.44. The minimum absolute atomic E-state index is 0.0380. The van der Waals surface area contributed by atoms with Crippen molar-refractivity contribution in [3.8, 4) is 17.2 Å². The van der Waals surface area contributed by atoms with Crippen molar-refractivity contribution in [1.82, 2.24) is 9.55 Å². The standard InChI is InChI=1S/C25H30N2O3S/c1-18-7-6-8-19(15-18)11-14-31-23-24(28)27(13-12-26-23)20-9-10-21(22(16-20)29-5)30-17-25(2,3)4/h6-10,12-13,15-16H,11,14,17H2,1-5H3. The first-order chi connectivity index (χ1) is 14.8. The SMILES string of the molecule is COc1cc(-n2ccnc(SCCc3cccc(C)c3)c2=O)ccc1OCC(C)(C)C. The van der Waals surface area contributed by atoms with Gasteiger partial charge in [0.1, 0.15) is 0 Å². The van der Waals surface area contributed by atoms with E-state index in [9.17, 15) is 4.79 Å². The van der Waals surface area contributed by atoms with E-state index in [1.165, 1.54) is 22.9 Å². The van der Waals surface area contributed by atoms with Gasteiger partial charge in [0, 0.05) is 24.2 Å².